The van der Waals surface area contributed by atoms with E-state index < -0.39 is 0 Å². The Labute approximate surface area is 124 Å². The minimum absolute atomic E-state index is 0.378. The lowest BCUT2D eigenvalue weighted by atomic mass is 9.73. The van der Waals surface area contributed by atoms with Crippen LogP contribution < -0.4 is 10.6 Å². The molecule has 3 atom stereocenters. The van der Waals surface area contributed by atoms with Crippen molar-refractivity contribution in [2.24, 2.45) is 23.5 Å². The van der Waals surface area contributed by atoms with E-state index in [1.807, 2.05) is 0 Å². The number of para-hydroxylation sites is 1. The topological polar surface area (TPSA) is 29.3 Å². The highest BCUT2D eigenvalue weighted by Gasteiger charge is 2.30. The van der Waals surface area contributed by atoms with Crippen LogP contribution in [0.2, 0.25) is 0 Å². The summed E-state index contributed by atoms with van der Waals surface area (Å²) in [5, 5.41) is 0. The van der Waals surface area contributed by atoms with Gasteiger partial charge in [-0.25, -0.2) is 0 Å². The molecule has 2 nitrogen and oxygen atoms in total. The fourth-order valence-electron chi connectivity index (χ4n) is 3.48. The normalized spacial score (nSPS) is 26.8. The molecule has 1 aliphatic carbocycles. The van der Waals surface area contributed by atoms with Crippen molar-refractivity contribution in [3.8, 4) is 0 Å². The van der Waals surface area contributed by atoms with Crippen molar-refractivity contribution in [1.82, 2.24) is 0 Å². The molecule has 0 aliphatic heterocycles. The molecule has 2 rings (SSSR count). The summed E-state index contributed by atoms with van der Waals surface area (Å²) >= 11 is 0. The minimum Gasteiger partial charge on any atom is -0.371 e. The average molecular weight is 274 g/mol. The van der Waals surface area contributed by atoms with Gasteiger partial charge < -0.3 is 10.6 Å². The van der Waals surface area contributed by atoms with Gasteiger partial charge in [0, 0.05) is 24.8 Å². The number of hydrogen-bond acceptors (Lipinski definition) is 2. The Hall–Kier alpha value is -1.02. The van der Waals surface area contributed by atoms with Gasteiger partial charge in [0.05, 0.1) is 0 Å². The summed E-state index contributed by atoms with van der Waals surface area (Å²) in [6, 6.07) is 11.1. The molecular weight excluding hydrogens is 244 g/mol. The largest absolute Gasteiger partial charge is 0.371 e. The Kier molecular flexibility index (Phi) is 5.47. The fraction of sp³-hybridized carbons (Fsp3) is 0.667. The van der Waals surface area contributed by atoms with Gasteiger partial charge in [-0.2, -0.15) is 0 Å². The van der Waals surface area contributed by atoms with E-state index in [2.05, 4.69) is 56.0 Å². The van der Waals surface area contributed by atoms with Crippen molar-refractivity contribution in [2.45, 2.75) is 46.1 Å². The Morgan fingerprint density at radius 3 is 2.50 bits per heavy atom. The summed E-state index contributed by atoms with van der Waals surface area (Å²) < 4.78 is 0. The van der Waals surface area contributed by atoms with Crippen molar-refractivity contribution in [2.75, 3.05) is 18.0 Å². The lowest BCUT2D eigenvalue weighted by Gasteiger charge is -2.39. The van der Waals surface area contributed by atoms with Gasteiger partial charge in [-0.15, -0.1) is 0 Å². The molecule has 1 saturated carbocycles. The lowest BCUT2D eigenvalue weighted by molar-refractivity contribution is 0.192. The van der Waals surface area contributed by atoms with Crippen LogP contribution in [0.15, 0.2) is 30.3 Å². The van der Waals surface area contributed by atoms with Crippen LogP contribution in [0, 0.1) is 17.8 Å². The highest BCUT2D eigenvalue weighted by molar-refractivity contribution is 5.45. The first-order chi connectivity index (χ1) is 9.61. The summed E-state index contributed by atoms with van der Waals surface area (Å²) in [4.78, 5) is 2.48. The predicted molar refractivity (Wildman–Crippen MR) is 88.0 cm³/mol. The number of nitrogens with zero attached hydrogens (tertiary/aromatic N) is 1. The second-order valence-electron chi connectivity index (χ2n) is 6.62. The fourth-order valence-corrected chi connectivity index (χ4v) is 3.48. The first-order valence-corrected chi connectivity index (χ1v) is 8.17. The minimum atomic E-state index is 0.378. The van der Waals surface area contributed by atoms with E-state index in [1.54, 1.807) is 0 Å². The number of anilines is 1. The third kappa shape index (κ3) is 3.76. The summed E-state index contributed by atoms with van der Waals surface area (Å²) in [5.74, 6) is 2.28. The van der Waals surface area contributed by atoms with Crippen molar-refractivity contribution < 1.29 is 0 Å². The van der Waals surface area contributed by atoms with Crippen molar-refractivity contribution in [3.05, 3.63) is 30.3 Å². The number of rotatable bonds is 5. The van der Waals surface area contributed by atoms with E-state index in [1.165, 1.54) is 24.9 Å². The van der Waals surface area contributed by atoms with Crippen molar-refractivity contribution >= 4 is 5.69 Å². The maximum absolute atomic E-state index is 6.40. The standard InChI is InChI=1S/C18H30N2/c1-4-20(17-8-6-5-7-9-17)13-16-12-15(14(2)3)10-11-18(16)19/h5-9,14-16,18H,4,10-13,19H2,1-3H3. The third-order valence-corrected chi connectivity index (χ3v) is 4.98. The van der Waals surface area contributed by atoms with Gasteiger partial charge in [-0.1, -0.05) is 32.0 Å². The van der Waals surface area contributed by atoms with Crippen LogP contribution in [-0.4, -0.2) is 19.1 Å². The van der Waals surface area contributed by atoms with E-state index in [0.717, 1.165) is 24.9 Å². The van der Waals surface area contributed by atoms with E-state index in [0.29, 0.717) is 12.0 Å². The quantitative estimate of drug-likeness (QED) is 0.882. The summed E-state index contributed by atoms with van der Waals surface area (Å²) in [5.41, 5.74) is 7.72. The highest BCUT2D eigenvalue weighted by atomic mass is 15.1. The zero-order chi connectivity index (χ0) is 14.5. The molecular formula is C18H30N2. The second kappa shape index (κ2) is 7.12. The number of hydrogen-bond donors (Lipinski definition) is 1. The van der Waals surface area contributed by atoms with Crippen molar-refractivity contribution in [3.63, 3.8) is 0 Å². The predicted octanol–water partition coefficient (Wildman–Crippen LogP) is 3.91. The van der Waals surface area contributed by atoms with Crippen LogP contribution in [-0.2, 0) is 0 Å². The van der Waals surface area contributed by atoms with Crippen molar-refractivity contribution in [1.29, 1.82) is 0 Å². The smallest absolute Gasteiger partial charge is 0.0366 e. The summed E-state index contributed by atoms with van der Waals surface area (Å²) in [6.07, 6.45) is 3.80. The van der Waals surface area contributed by atoms with Gasteiger partial charge in [0.15, 0.2) is 0 Å². The maximum Gasteiger partial charge on any atom is 0.0366 e. The Morgan fingerprint density at radius 2 is 1.90 bits per heavy atom. The van der Waals surface area contributed by atoms with E-state index in [9.17, 15) is 0 Å². The first kappa shape index (κ1) is 15.4. The van der Waals surface area contributed by atoms with Gasteiger partial charge in [-0.3, -0.25) is 0 Å². The third-order valence-electron chi connectivity index (χ3n) is 4.98. The Bertz CT molecular complexity index is 388. The van der Waals surface area contributed by atoms with E-state index in [4.69, 9.17) is 5.73 Å². The zero-order valence-electron chi connectivity index (χ0n) is 13.3. The Balaban J connectivity index is 2.02. The molecule has 0 heterocycles. The van der Waals surface area contributed by atoms with E-state index >= 15 is 0 Å². The van der Waals surface area contributed by atoms with E-state index in [-0.39, 0.29) is 0 Å². The average Bonchev–Trinajstić information content (AvgIpc) is 2.47. The molecule has 0 amide bonds. The molecule has 3 unspecified atom stereocenters. The molecule has 1 aromatic rings. The van der Waals surface area contributed by atoms with Gasteiger partial charge in [-0.05, 0) is 56.1 Å². The molecule has 2 heteroatoms. The molecule has 0 aromatic heterocycles. The number of nitrogens with two attached hydrogens (primary N) is 1. The number of benzene rings is 1. The highest BCUT2D eigenvalue weighted by Crippen LogP contribution is 2.34. The molecule has 0 radical (unpaired) electrons. The van der Waals surface area contributed by atoms with Gasteiger partial charge in [0.2, 0.25) is 0 Å². The van der Waals surface area contributed by atoms with Crippen LogP contribution >= 0.6 is 0 Å². The molecule has 0 saturated heterocycles. The zero-order valence-corrected chi connectivity index (χ0v) is 13.3. The molecule has 0 spiro atoms. The van der Waals surface area contributed by atoms with Crippen LogP contribution in [0.25, 0.3) is 0 Å². The molecule has 20 heavy (non-hydrogen) atoms. The van der Waals surface area contributed by atoms with Gasteiger partial charge >= 0.3 is 0 Å². The monoisotopic (exact) mass is 274 g/mol. The van der Waals surface area contributed by atoms with Crippen LogP contribution in [0.4, 0.5) is 5.69 Å². The second-order valence-corrected chi connectivity index (χ2v) is 6.62. The maximum atomic E-state index is 6.40. The summed E-state index contributed by atoms with van der Waals surface area (Å²) in [7, 11) is 0. The van der Waals surface area contributed by atoms with Crippen LogP contribution in [0.1, 0.15) is 40.0 Å². The SMILES string of the molecule is CCN(CC1CC(C(C)C)CCC1N)c1ccccc1. The Morgan fingerprint density at radius 1 is 1.20 bits per heavy atom. The van der Waals surface area contributed by atoms with Gasteiger partial charge in [0.1, 0.15) is 0 Å². The molecule has 1 aliphatic rings. The van der Waals surface area contributed by atoms with Gasteiger partial charge in [0.25, 0.3) is 0 Å². The molecule has 2 N–H and O–H groups in total. The van der Waals surface area contributed by atoms with Crippen LogP contribution in [0.3, 0.4) is 0 Å². The molecule has 0 bridgehead atoms. The molecule has 112 valence electrons. The lowest BCUT2D eigenvalue weighted by Crippen LogP contribution is -2.44. The molecule has 1 aromatic carbocycles. The molecule has 1 fully saturated rings. The van der Waals surface area contributed by atoms with Crippen LogP contribution in [0.5, 0.6) is 0 Å². The first-order valence-electron chi connectivity index (χ1n) is 8.17. The summed E-state index contributed by atoms with van der Waals surface area (Å²) in [6.45, 7) is 9.10.